The van der Waals surface area contributed by atoms with Gasteiger partial charge in [-0.3, -0.25) is 0 Å². The molecular weight excluding hydrogens is 184 g/mol. The van der Waals surface area contributed by atoms with E-state index >= 15 is 0 Å². The zero-order valence-electron chi connectivity index (χ0n) is 8.88. The highest BCUT2D eigenvalue weighted by atomic mass is 16.7. The Hall–Kier alpha value is -0.160. The first kappa shape index (κ1) is 10.4. The maximum absolute atomic E-state index is 5.51. The van der Waals surface area contributed by atoms with E-state index in [0.717, 1.165) is 12.8 Å². The standard InChI is InChI=1S/C10H18O4/c1-9(11-5-6-12-9)3-4-10(2)13-7-8-14-10/h3-8H2,1-2H3. The lowest BCUT2D eigenvalue weighted by Crippen LogP contribution is -2.32. The predicted octanol–water partition coefficient (Wildman–Crippen LogP) is 1.29. The van der Waals surface area contributed by atoms with Crippen LogP contribution in [0.25, 0.3) is 0 Å². The second kappa shape index (κ2) is 3.77. The van der Waals surface area contributed by atoms with Crippen LogP contribution < -0.4 is 0 Å². The van der Waals surface area contributed by atoms with Crippen molar-refractivity contribution in [1.29, 1.82) is 0 Å². The Bertz CT molecular complexity index is 170. The lowest BCUT2D eigenvalue weighted by Gasteiger charge is -2.28. The number of ether oxygens (including phenoxy) is 4. The van der Waals surface area contributed by atoms with Gasteiger partial charge in [0.15, 0.2) is 11.6 Å². The molecule has 0 N–H and O–H groups in total. The fourth-order valence-electron chi connectivity index (χ4n) is 1.86. The smallest absolute Gasteiger partial charge is 0.165 e. The molecule has 0 aromatic carbocycles. The van der Waals surface area contributed by atoms with Gasteiger partial charge in [-0.15, -0.1) is 0 Å². The van der Waals surface area contributed by atoms with Crippen LogP contribution in [0.2, 0.25) is 0 Å². The van der Waals surface area contributed by atoms with Gasteiger partial charge in [-0.2, -0.15) is 0 Å². The molecule has 82 valence electrons. The fourth-order valence-corrected chi connectivity index (χ4v) is 1.86. The molecule has 2 saturated heterocycles. The van der Waals surface area contributed by atoms with Gasteiger partial charge in [0.25, 0.3) is 0 Å². The largest absolute Gasteiger partial charge is 0.348 e. The van der Waals surface area contributed by atoms with E-state index in [1.807, 2.05) is 13.8 Å². The molecule has 2 rings (SSSR count). The summed E-state index contributed by atoms with van der Waals surface area (Å²) < 4.78 is 22.0. The highest BCUT2D eigenvalue weighted by Gasteiger charge is 2.37. The Balaban J connectivity index is 1.80. The van der Waals surface area contributed by atoms with Crippen molar-refractivity contribution in [3.8, 4) is 0 Å². The predicted molar refractivity (Wildman–Crippen MR) is 49.9 cm³/mol. The molecular formula is C10H18O4. The molecule has 0 bridgehead atoms. The lowest BCUT2D eigenvalue weighted by molar-refractivity contribution is -0.189. The SMILES string of the molecule is CC1(CCC2(C)OCCO2)OCCO1. The van der Waals surface area contributed by atoms with Crippen molar-refractivity contribution in [1.82, 2.24) is 0 Å². The minimum atomic E-state index is -0.432. The zero-order chi connectivity index (χ0) is 10.1. The molecule has 0 aromatic rings. The maximum atomic E-state index is 5.51. The Morgan fingerprint density at radius 3 is 1.29 bits per heavy atom. The van der Waals surface area contributed by atoms with Crippen molar-refractivity contribution in [3.05, 3.63) is 0 Å². The first-order chi connectivity index (χ1) is 6.62. The van der Waals surface area contributed by atoms with Crippen molar-refractivity contribution in [2.75, 3.05) is 26.4 Å². The minimum Gasteiger partial charge on any atom is -0.348 e. The monoisotopic (exact) mass is 202 g/mol. The van der Waals surface area contributed by atoms with Crippen LogP contribution in [0.4, 0.5) is 0 Å². The van der Waals surface area contributed by atoms with Crippen molar-refractivity contribution >= 4 is 0 Å². The minimum absolute atomic E-state index is 0.432. The molecule has 0 atom stereocenters. The molecule has 0 unspecified atom stereocenters. The van der Waals surface area contributed by atoms with Gasteiger partial charge < -0.3 is 18.9 Å². The third-order valence-electron chi connectivity index (χ3n) is 2.83. The van der Waals surface area contributed by atoms with Crippen LogP contribution in [0.3, 0.4) is 0 Å². The van der Waals surface area contributed by atoms with Crippen LogP contribution in [-0.4, -0.2) is 38.0 Å². The van der Waals surface area contributed by atoms with Gasteiger partial charge in [-0.25, -0.2) is 0 Å². The molecule has 2 aliphatic rings. The molecule has 0 aliphatic carbocycles. The number of hydrogen-bond donors (Lipinski definition) is 0. The van der Waals surface area contributed by atoms with Crippen molar-refractivity contribution in [2.24, 2.45) is 0 Å². The summed E-state index contributed by atoms with van der Waals surface area (Å²) in [5.41, 5.74) is 0. The molecule has 0 spiro atoms. The molecule has 4 nitrogen and oxygen atoms in total. The molecule has 2 heterocycles. The quantitative estimate of drug-likeness (QED) is 0.691. The van der Waals surface area contributed by atoms with Crippen LogP contribution in [-0.2, 0) is 18.9 Å². The summed E-state index contributed by atoms with van der Waals surface area (Å²) in [6.07, 6.45) is 1.62. The van der Waals surface area contributed by atoms with E-state index in [-0.39, 0.29) is 0 Å². The van der Waals surface area contributed by atoms with Crippen molar-refractivity contribution in [3.63, 3.8) is 0 Å². The summed E-state index contributed by atoms with van der Waals surface area (Å²) in [6.45, 7) is 6.70. The molecule has 4 heteroatoms. The third-order valence-corrected chi connectivity index (χ3v) is 2.83. The fraction of sp³-hybridized carbons (Fsp3) is 1.00. The van der Waals surface area contributed by atoms with Crippen LogP contribution in [0.1, 0.15) is 26.7 Å². The number of hydrogen-bond acceptors (Lipinski definition) is 4. The van der Waals surface area contributed by atoms with Gasteiger partial charge in [0, 0.05) is 12.8 Å². The van der Waals surface area contributed by atoms with E-state index in [4.69, 9.17) is 18.9 Å². The summed E-state index contributed by atoms with van der Waals surface area (Å²) in [5.74, 6) is -0.864. The van der Waals surface area contributed by atoms with E-state index < -0.39 is 11.6 Å². The highest BCUT2D eigenvalue weighted by Crippen LogP contribution is 2.31. The summed E-state index contributed by atoms with van der Waals surface area (Å²) in [4.78, 5) is 0. The van der Waals surface area contributed by atoms with Gasteiger partial charge >= 0.3 is 0 Å². The Labute approximate surface area is 84.5 Å². The van der Waals surface area contributed by atoms with Crippen LogP contribution in [0.5, 0.6) is 0 Å². The molecule has 2 fully saturated rings. The number of rotatable bonds is 3. The summed E-state index contributed by atoms with van der Waals surface area (Å²) in [5, 5.41) is 0. The van der Waals surface area contributed by atoms with Gasteiger partial charge in [0.05, 0.1) is 26.4 Å². The van der Waals surface area contributed by atoms with E-state index in [1.165, 1.54) is 0 Å². The van der Waals surface area contributed by atoms with Crippen LogP contribution >= 0.6 is 0 Å². The summed E-state index contributed by atoms with van der Waals surface area (Å²) in [6, 6.07) is 0. The van der Waals surface area contributed by atoms with E-state index in [0.29, 0.717) is 26.4 Å². The average molecular weight is 202 g/mol. The second-order valence-electron chi connectivity index (χ2n) is 4.16. The van der Waals surface area contributed by atoms with Gasteiger partial charge in [0.2, 0.25) is 0 Å². The Kier molecular flexibility index (Phi) is 2.79. The average Bonchev–Trinajstić information content (AvgIpc) is 2.74. The van der Waals surface area contributed by atoms with Crippen LogP contribution in [0, 0.1) is 0 Å². The Morgan fingerprint density at radius 2 is 1.00 bits per heavy atom. The summed E-state index contributed by atoms with van der Waals surface area (Å²) >= 11 is 0. The van der Waals surface area contributed by atoms with Gasteiger partial charge in [0.1, 0.15) is 0 Å². The second-order valence-corrected chi connectivity index (χ2v) is 4.16. The van der Waals surface area contributed by atoms with E-state index in [1.54, 1.807) is 0 Å². The first-order valence-corrected chi connectivity index (χ1v) is 5.18. The lowest BCUT2D eigenvalue weighted by atomic mass is 10.1. The van der Waals surface area contributed by atoms with E-state index in [2.05, 4.69) is 0 Å². The topological polar surface area (TPSA) is 36.9 Å². The molecule has 0 saturated carbocycles. The van der Waals surface area contributed by atoms with E-state index in [9.17, 15) is 0 Å². The molecule has 0 amide bonds. The normalized spacial score (nSPS) is 29.6. The van der Waals surface area contributed by atoms with Crippen LogP contribution in [0.15, 0.2) is 0 Å². The van der Waals surface area contributed by atoms with Gasteiger partial charge in [-0.05, 0) is 13.8 Å². The highest BCUT2D eigenvalue weighted by molar-refractivity contribution is 4.75. The summed E-state index contributed by atoms with van der Waals surface area (Å²) in [7, 11) is 0. The maximum Gasteiger partial charge on any atom is 0.165 e. The Morgan fingerprint density at radius 1 is 0.714 bits per heavy atom. The van der Waals surface area contributed by atoms with Gasteiger partial charge in [-0.1, -0.05) is 0 Å². The molecule has 2 aliphatic heterocycles. The first-order valence-electron chi connectivity index (χ1n) is 5.18. The zero-order valence-corrected chi connectivity index (χ0v) is 8.88. The van der Waals surface area contributed by atoms with Crippen molar-refractivity contribution in [2.45, 2.75) is 38.3 Å². The third kappa shape index (κ3) is 2.25. The molecule has 14 heavy (non-hydrogen) atoms. The molecule has 0 aromatic heterocycles. The van der Waals surface area contributed by atoms with Crippen molar-refractivity contribution < 1.29 is 18.9 Å². The molecule has 0 radical (unpaired) electrons.